The lowest BCUT2D eigenvalue weighted by Crippen LogP contribution is -2.42. The molecule has 0 unspecified atom stereocenters. The molecule has 0 radical (unpaired) electrons. The topological polar surface area (TPSA) is 66.6 Å². The van der Waals surface area contributed by atoms with E-state index in [2.05, 4.69) is 18.7 Å². The fourth-order valence-electron chi connectivity index (χ4n) is 4.26. The highest BCUT2D eigenvalue weighted by molar-refractivity contribution is 7.89. The van der Waals surface area contributed by atoms with E-state index in [1.54, 1.807) is 10.4 Å². The lowest BCUT2D eigenvalue weighted by molar-refractivity contribution is 0.152. The third-order valence-corrected chi connectivity index (χ3v) is 7.56. The predicted octanol–water partition coefficient (Wildman–Crippen LogP) is 2.85. The Morgan fingerprint density at radius 3 is 2.52 bits per heavy atom. The van der Waals surface area contributed by atoms with Gasteiger partial charge in [-0.2, -0.15) is 4.31 Å². The van der Waals surface area contributed by atoms with E-state index >= 15 is 0 Å². The summed E-state index contributed by atoms with van der Waals surface area (Å²) in [6.45, 7) is 8.45. The van der Waals surface area contributed by atoms with Crippen LogP contribution in [0.1, 0.15) is 52.9 Å². The number of nitrogens with zero attached hydrogens (tertiary/aromatic N) is 2. The molecule has 1 aromatic carbocycles. The molecule has 1 aromatic rings. The Morgan fingerprint density at radius 1 is 1.19 bits per heavy atom. The van der Waals surface area contributed by atoms with Crippen molar-refractivity contribution in [3.8, 4) is 0 Å². The molecule has 27 heavy (non-hydrogen) atoms. The molecule has 6 heteroatoms. The molecule has 152 valence electrons. The van der Waals surface area contributed by atoms with E-state index in [1.807, 2.05) is 18.2 Å². The van der Waals surface area contributed by atoms with Gasteiger partial charge < -0.3 is 10.6 Å². The molecule has 0 aliphatic carbocycles. The second-order valence-electron chi connectivity index (χ2n) is 8.87. The Balaban J connectivity index is 1.67. The Morgan fingerprint density at radius 2 is 1.85 bits per heavy atom. The molecule has 0 amide bonds. The average molecular weight is 395 g/mol. The summed E-state index contributed by atoms with van der Waals surface area (Å²) in [6, 6.07) is 7.56. The van der Waals surface area contributed by atoms with Gasteiger partial charge in [0.05, 0.1) is 4.90 Å². The summed E-state index contributed by atoms with van der Waals surface area (Å²) in [5.41, 5.74) is 7.04. The molecule has 2 fully saturated rings. The van der Waals surface area contributed by atoms with Crippen LogP contribution in [0, 0.1) is 5.41 Å². The van der Waals surface area contributed by atoms with Gasteiger partial charge in [0.2, 0.25) is 10.0 Å². The van der Waals surface area contributed by atoms with Crippen molar-refractivity contribution in [2.75, 3.05) is 32.7 Å². The standard InChI is InChI=1S/C21H35N3O2S/c1-21(2,17-23-11-4-3-5-12-23)16-18-7-6-8-20(15-18)27(25,26)24-13-9-19(22)10-14-24/h6-8,15,19H,3-5,9-14,16-17,22H2,1-2H3/i3D. The molecule has 5 nitrogen and oxygen atoms in total. The van der Waals surface area contributed by atoms with Gasteiger partial charge in [0.25, 0.3) is 0 Å². The fourth-order valence-corrected chi connectivity index (χ4v) is 5.80. The van der Waals surface area contributed by atoms with Gasteiger partial charge in [-0.05, 0) is 68.3 Å². The van der Waals surface area contributed by atoms with Crippen molar-refractivity contribution in [3.05, 3.63) is 29.8 Å². The lowest BCUT2D eigenvalue weighted by Gasteiger charge is -2.35. The van der Waals surface area contributed by atoms with E-state index in [-0.39, 0.29) is 17.9 Å². The Kier molecular flexibility index (Phi) is 6.17. The molecule has 0 saturated carbocycles. The highest BCUT2D eigenvalue weighted by atomic mass is 32.2. The Hall–Kier alpha value is -0.950. The van der Waals surface area contributed by atoms with Gasteiger partial charge in [-0.1, -0.05) is 32.4 Å². The number of likely N-dealkylation sites (tertiary alicyclic amines) is 1. The minimum Gasteiger partial charge on any atom is -0.328 e. The quantitative estimate of drug-likeness (QED) is 0.806. The molecule has 0 spiro atoms. The highest BCUT2D eigenvalue weighted by Gasteiger charge is 2.29. The molecule has 2 N–H and O–H groups in total. The summed E-state index contributed by atoms with van der Waals surface area (Å²) >= 11 is 0. The number of piperidine rings is 2. The lowest BCUT2D eigenvalue weighted by atomic mass is 9.84. The Labute approximate surface area is 166 Å². The normalized spacial score (nSPS) is 22.7. The van der Waals surface area contributed by atoms with Crippen molar-refractivity contribution in [1.82, 2.24) is 9.21 Å². The van der Waals surface area contributed by atoms with Gasteiger partial charge in [0.1, 0.15) is 0 Å². The second kappa shape index (κ2) is 8.60. The number of hydrogen-bond donors (Lipinski definition) is 1. The first kappa shape index (κ1) is 19.4. The summed E-state index contributed by atoms with van der Waals surface area (Å²) in [6.07, 6.45) is 4.27. The monoisotopic (exact) mass is 394 g/mol. The molecule has 3 rings (SSSR count). The van der Waals surface area contributed by atoms with E-state index in [1.165, 1.54) is 0 Å². The third-order valence-electron chi connectivity index (χ3n) is 5.67. The van der Waals surface area contributed by atoms with Crippen LogP contribution in [0.15, 0.2) is 29.2 Å². The maximum atomic E-state index is 13.0. The van der Waals surface area contributed by atoms with E-state index < -0.39 is 10.0 Å². The van der Waals surface area contributed by atoms with Crippen molar-refractivity contribution in [2.24, 2.45) is 11.1 Å². The van der Waals surface area contributed by atoms with Crippen LogP contribution in [0.25, 0.3) is 0 Å². The number of rotatable bonds is 6. The van der Waals surface area contributed by atoms with E-state index in [0.717, 1.165) is 57.3 Å². The zero-order valence-electron chi connectivity index (χ0n) is 17.7. The molecule has 0 bridgehead atoms. The summed E-state index contributed by atoms with van der Waals surface area (Å²) in [7, 11) is -3.45. The van der Waals surface area contributed by atoms with E-state index in [0.29, 0.717) is 18.0 Å². The number of sulfonamides is 1. The van der Waals surface area contributed by atoms with Crippen molar-refractivity contribution in [1.29, 1.82) is 0 Å². The first-order valence-electron chi connectivity index (χ1n) is 10.7. The van der Waals surface area contributed by atoms with Gasteiger partial charge in [0, 0.05) is 27.0 Å². The summed E-state index contributed by atoms with van der Waals surface area (Å²) in [5, 5.41) is 0. The van der Waals surface area contributed by atoms with Crippen molar-refractivity contribution in [2.45, 2.75) is 63.3 Å². The smallest absolute Gasteiger partial charge is 0.243 e. The van der Waals surface area contributed by atoms with Crippen molar-refractivity contribution >= 4 is 10.0 Å². The second-order valence-corrected chi connectivity index (χ2v) is 10.8. The molecule has 2 heterocycles. The van der Waals surface area contributed by atoms with Crippen molar-refractivity contribution in [3.63, 3.8) is 0 Å². The van der Waals surface area contributed by atoms with Crippen molar-refractivity contribution < 1.29 is 9.79 Å². The first-order valence-corrected chi connectivity index (χ1v) is 11.6. The summed E-state index contributed by atoms with van der Waals surface area (Å²) in [4.78, 5) is 2.84. The van der Waals surface area contributed by atoms with Crippen LogP contribution >= 0.6 is 0 Å². The van der Waals surface area contributed by atoms with Crippen LogP contribution in [0.3, 0.4) is 0 Å². The van der Waals surface area contributed by atoms with Crippen LogP contribution < -0.4 is 5.73 Å². The minimum atomic E-state index is -3.45. The van der Waals surface area contributed by atoms with Gasteiger partial charge in [-0.15, -0.1) is 0 Å². The zero-order chi connectivity index (χ0) is 20.4. The Bertz CT molecular complexity index is 753. The van der Waals surface area contributed by atoms with Gasteiger partial charge >= 0.3 is 0 Å². The average Bonchev–Trinajstić information content (AvgIpc) is 2.63. The molecular formula is C21H35N3O2S. The number of benzene rings is 1. The van der Waals surface area contributed by atoms with E-state index in [9.17, 15) is 8.42 Å². The first-order chi connectivity index (χ1) is 13.2. The van der Waals surface area contributed by atoms with Crippen LogP contribution in [0.4, 0.5) is 0 Å². The van der Waals surface area contributed by atoms with Crippen LogP contribution in [0.5, 0.6) is 0 Å². The molecule has 0 atom stereocenters. The van der Waals surface area contributed by atoms with Gasteiger partial charge in [0.15, 0.2) is 0 Å². The maximum Gasteiger partial charge on any atom is 0.243 e. The summed E-state index contributed by atoms with van der Waals surface area (Å²) < 4.78 is 35.5. The molecule has 2 aliphatic heterocycles. The number of nitrogens with two attached hydrogens (primary N) is 1. The van der Waals surface area contributed by atoms with Gasteiger partial charge in [-0.3, -0.25) is 0 Å². The molecular weight excluding hydrogens is 358 g/mol. The maximum absolute atomic E-state index is 13.0. The van der Waals surface area contributed by atoms with Crippen LogP contribution in [-0.4, -0.2) is 56.4 Å². The zero-order valence-corrected chi connectivity index (χ0v) is 17.5. The van der Waals surface area contributed by atoms with Crippen LogP contribution in [0.2, 0.25) is 0 Å². The third kappa shape index (κ3) is 5.53. The molecule has 2 saturated heterocycles. The minimum absolute atomic E-state index is 0.0507. The molecule has 0 aromatic heterocycles. The van der Waals surface area contributed by atoms with E-state index in [4.69, 9.17) is 7.10 Å². The summed E-state index contributed by atoms with van der Waals surface area (Å²) in [5.74, 6) is 0. The van der Waals surface area contributed by atoms with Crippen LogP contribution in [-0.2, 0) is 16.4 Å². The largest absolute Gasteiger partial charge is 0.328 e. The molecule has 2 aliphatic rings. The number of hydrogen-bond acceptors (Lipinski definition) is 4. The highest BCUT2D eigenvalue weighted by Crippen LogP contribution is 2.27. The SMILES string of the molecule is [2H]C1CCN(CC(C)(C)Cc2cccc(S(=O)(=O)N3CCC(N)CC3)c2)CC1. The fraction of sp³-hybridized carbons (Fsp3) is 0.714. The van der Waals surface area contributed by atoms with Gasteiger partial charge in [-0.25, -0.2) is 8.42 Å². The predicted molar refractivity (Wildman–Crippen MR) is 110 cm³/mol.